The molecule has 0 bridgehead atoms. The number of ether oxygens (including phenoxy) is 2. The summed E-state index contributed by atoms with van der Waals surface area (Å²) in [5.74, 6) is 1.30. The molecule has 8 heteroatoms. The maximum atomic E-state index is 13.2. The first-order valence-electron chi connectivity index (χ1n) is 9.55. The molecule has 0 saturated carbocycles. The van der Waals surface area contributed by atoms with Crippen LogP contribution < -0.4 is 19.7 Å². The number of rotatable bonds is 3. The van der Waals surface area contributed by atoms with Crippen molar-refractivity contribution in [2.75, 3.05) is 32.2 Å². The van der Waals surface area contributed by atoms with Crippen molar-refractivity contribution in [3.63, 3.8) is 0 Å². The first-order chi connectivity index (χ1) is 14.4. The van der Waals surface area contributed by atoms with Crippen LogP contribution in [0.25, 0.3) is 0 Å². The highest BCUT2D eigenvalue weighted by Gasteiger charge is 2.35. The average Bonchev–Trinajstić information content (AvgIpc) is 2.72. The molecule has 2 aromatic rings. The lowest BCUT2D eigenvalue weighted by molar-refractivity contribution is -0.125. The number of hydrogen-bond acceptors (Lipinski definition) is 4. The standard InChI is InChI=1S/C22H22BrN3O3S/c1-13-19(21(27)25(2)3)20(14-5-4-6-15(23)11-14)24-22(30)26(13)16-7-8-17-18(12-16)29-10-9-28-17/h4-8,11-12,20H,9-10H2,1-3H3,(H,24,30)/t20-/m1/s1. The summed E-state index contributed by atoms with van der Waals surface area (Å²) in [5, 5.41) is 3.88. The van der Waals surface area contributed by atoms with E-state index < -0.39 is 0 Å². The van der Waals surface area contributed by atoms with Gasteiger partial charge < -0.3 is 19.7 Å². The Kier molecular flexibility index (Phi) is 5.71. The zero-order chi connectivity index (χ0) is 21.4. The van der Waals surface area contributed by atoms with Gasteiger partial charge in [-0.1, -0.05) is 28.1 Å². The molecule has 0 aromatic heterocycles. The highest BCUT2D eigenvalue weighted by Crippen LogP contribution is 2.39. The molecule has 0 aliphatic carbocycles. The van der Waals surface area contributed by atoms with E-state index >= 15 is 0 Å². The van der Waals surface area contributed by atoms with E-state index in [1.807, 2.05) is 54.3 Å². The molecular formula is C22H22BrN3O3S. The van der Waals surface area contributed by atoms with Crippen molar-refractivity contribution in [3.8, 4) is 11.5 Å². The summed E-state index contributed by atoms with van der Waals surface area (Å²) in [5.41, 5.74) is 3.18. The summed E-state index contributed by atoms with van der Waals surface area (Å²) in [7, 11) is 3.50. The first-order valence-corrected chi connectivity index (χ1v) is 10.7. The highest BCUT2D eigenvalue weighted by molar-refractivity contribution is 9.10. The fraction of sp³-hybridized carbons (Fsp3) is 0.273. The van der Waals surface area contributed by atoms with Crippen LogP contribution in [0.5, 0.6) is 11.5 Å². The summed E-state index contributed by atoms with van der Waals surface area (Å²) < 4.78 is 12.3. The Balaban J connectivity index is 1.83. The van der Waals surface area contributed by atoms with Gasteiger partial charge in [0.05, 0.1) is 17.3 Å². The Morgan fingerprint density at radius 3 is 2.60 bits per heavy atom. The fourth-order valence-corrected chi connectivity index (χ4v) is 4.46. The summed E-state index contributed by atoms with van der Waals surface area (Å²) in [4.78, 5) is 16.7. The van der Waals surface area contributed by atoms with Crippen LogP contribution >= 0.6 is 28.1 Å². The monoisotopic (exact) mass is 487 g/mol. The normalized spacial score (nSPS) is 18.2. The number of allylic oxidation sites excluding steroid dienone is 1. The Hall–Kier alpha value is -2.58. The lowest BCUT2D eigenvalue weighted by atomic mass is 9.94. The van der Waals surface area contributed by atoms with Crippen LogP contribution in [0.1, 0.15) is 18.5 Å². The predicted molar refractivity (Wildman–Crippen MR) is 124 cm³/mol. The fourth-order valence-electron chi connectivity index (χ4n) is 3.68. The van der Waals surface area contributed by atoms with Gasteiger partial charge in [0.25, 0.3) is 5.91 Å². The van der Waals surface area contributed by atoms with Crippen LogP contribution in [-0.2, 0) is 4.79 Å². The third-order valence-electron chi connectivity index (χ3n) is 5.09. The molecule has 30 heavy (non-hydrogen) atoms. The Labute approximate surface area is 189 Å². The molecule has 0 spiro atoms. The van der Waals surface area contributed by atoms with E-state index in [-0.39, 0.29) is 11.9 Å². The molecule has 1 atom stereocenters. The molecule has 0 radical (unpaired) electrons. The van der Waals surface area contributed by atoms with Gasteiger partial charge in [0, 0.05) is 30.3 Å². The summed E-state index contributed by atoms with van der Waals surface area (Å²) >= 11 is 9.25. The summed E-state index contributed by atoms with van der Waals surface area (Å²) in [6.07, 6.45) is 0. The number of anilines is 1. The second kappa shape index (κ2) is 8.28. The lowest BCUT2D eigenvalue weighted by Crippen LogP contribution is -2.49. The second-order valence-corrected chi connectivity index (χ2v) is 8.60. The molecule has 1 N–H and O–H groups in total. The van der Waals surface area contributed by atoms with E-state index in [0.29, 0.717) is 35.4 Å². The van der Waals surface area contributed by atoms with Crippen molar-refractivity contribution in [1.82, 2.24) is 10.2 Å². The number of carbonyl (C=O) groups is 1. The van der Waals surface area contributed by atoms with Crippen molar-refractivity contribution in [2.45, 2.75) is 13.0 Å². The molecular weight excluding hydrogens is 466 g/mol. The van der Waals surface area contributed by atoms with Gasteiger partial charge in [-0.25, -0.2) is 0 Å². The molecule has 2 aliphatic heterocycles. The number of thiocarbonyl (C=S) groups is 1. The van der Waals surface area contributed by atoms with Gasteiger partial charge in [-0.15, -0.1) is 0 Å². The molecule has 156 valence electrons. The number of nitrogens with one attached hydrogen (secondary N) is 1. The molecule has 2 heterocycles. The molecule has 4 rings (SSSR count). The molecule has 0 saturated heterocycles. The largest absolute Gasteiger partial charge is 0.486 e. The third-order valence-corrected chi connectivity index (χ3v) is 5.88. The van der Waals surface area contributed by atoms with Crippen LogP contribution in [0, 0.1) is 0 Å². The van der Waals surface area contributed by atoms with E-state index in [1.54, 1.807) is 19.0 Å². The summed E-state index contributed by atoms with van der Waals surface area (Å²) in [6.45, 7) is 2.96. The number of benzene rings is 2. The average molecular weight is 488 g/mol. The van der Waals surface area contributed by atoms with Crippen molar-refractivity contribution >= 4 is 44.9 Å². The van der Waals surface area contributed by atoms with Gasteiger partial charge >= 0.3 is 0 Å². The molecule has 1 amide bonds. The van der Waals surface area contributed by atoms with E-state index in [0.717, 1.165) is 21.4 Å². The highest BCUT2D eigenvalue weighted by atomic mass is 79.9. The third kappa shape index (κ3) is 3.77. The Morgan fingerprint density at radius 1 is 1.17 bits per heavy atom. The zero-order valence-electron chi connectivity index (χ0n) is 16.9. The molecule has 6 nitrogen and oxygen atoms in total. The van der Waals surface area contributed by atoms with Crippen molar-refractivity contribution in [3.05, 3.63) is 63.8 Å². The second-order valence-electron chi connectivity index (χ2n) is 7.30. The van der Waals surface area contributed by atoms with Crippen LogP contribution in [0.2, 0.25) is 0 Å². The van der Waals surface area contributed by atoms with Crippen LogP contribution in [-0.4, -0.2) is 43.2 Å². The molecule has 2 aromatic carbocycles. The van der Waals surface area contributed by atoms with Crippen molar-refractivity contribution in [1.29, 1.82) is 0 Å². The van der Waals surface area contributed by atoms with E-state index in [2.05, 4.69) is 21.2 Å². The minimum absolute atomic E-state index is 0.0741. The van der Waals surface area contributed by atoms with E-state index in [9.17, 15) is 4.79 Å². The smallest absolute Gasteiger partial charge is 0.253 e. The maximum absolute atomic E-state index is 13.2. The Morgan fingerprint density at radius 2 is 1.90 bits per heavy atom. The van der Waals surface area contributed by atoms with Gasteiger partial charge in [-0.3, -0.25) is 9.69 Å². The number of halogens is 1. The lowest BCUT2D eigenvalue weighted by Gasteiger charge is -2.38. The quantitative estimate of drug-likeness (QED) is 0.659. The number of nitrogens with zero attached hydrogens (tertiary/aromatic N) is 2. The van der Waals surface area contributed by atoms with Gasteiger partial charge in [-0.05, 0) is 49.0 Å². The maximum Gasteiger partial charge on any atom is 0.253 e. The van der Waals surface area contributed by atoms with Crippen LogP contribution in [0.3, 0.4) is 0 Å². The number of fused-ring (bicyclic) bond motifs is 1. The predicted octanol–water partition coefficient (Wildman–Crippen LogP) is 4.02. The number of hydrogen-bond donors (Lipinski definition) is 1. The van der Waals surface area contributed by atoms with Gasteiger partial charge in [0.15, 0.2) is 16.6 Å². The van der Waals surface area contributed by atoms with Crippen molar-refractivity contribution in [2.24, 2.45) is 0 Å². The number of amides is 1. The molecule has 2 aliphatic rings. The first kappa shape index (κ1) is 20.7. The minimum atomic E-state index is -0.349. The van der Waals surface area contributed by atoms with E-state index in [4.69, 9.17) is 21.7 Å². The molecule has 0 fully saturated rings. The number of carbonyl (C=O) groups excluding carboxylic acids is 1. The van der Waals surface area contributed by atoms with Crippen LogP contribution in [0.4, 0.5) is 5.69 Å². The van der Waals surface area contributed by atoms with Gasteiger partial charge in [-0.2, -0.15) is 0 Å². The topological polar surface area (TPSA) is 54.0 Å². The minimum Gasteiger partial charge on any atom is -0.486 e. The van der Waals surface area contributed by atoms with Gasteiger partial charge in [0.1, 0.15) is 13.2 Å². The summed E-state index contributed by atoms with van der Waals surface area (Å²) in [6, 6.07) is 13.2. The SMILES string of the molecule is CC1=C(C(=O)N(C)C)[C@@H](c2cccc(Br)c2)NC(=S)N1c1ccc2c(c1)OCCO2. The molecule has 0 unspecified atom stereocenters. The number of likely N-dealkylation sites (N-methyl/N-ethyl adjacent to an activating group) is 1. The van der Waals surface area contributed by atoms with E-state index in [1.165, 1.54) is 0 Å². The van der Waals surface area contributed by atoms with Crippen LogP contribution in [0.15, 0.2) is 58.2 Å². The Bertz CT molecular complexity index is 1050. The van der Waals surface area contributed by atoms with Gasteiger partial charge in [0.2, 0.25) is 0 Å². The van der Waals surface area contributed by atoms with Crippen molar-refractivity contribution < 1.29 is 14.3 Å². The zero-order valence-corrected chi connectivity index (χ0v) is 19.3.